The molecule has 14 heavy (non-hydrogen) atoms. The lowest BCUT2D eigenvalue weighted by Crippen LogP contribution is -2.09. The third-order valence-corrected chi connectivity index (χ3v) is 2.01. The molecule has 0 bridgehead atoms. The standard InChI is InChI=1S/C9H8N2O3/c12-7(9(13)14)6-4-11-8-5(6)2-1-3-10-8/h1-4,7,12H,(H,10,11)(H,13,14). The van der Waals surface area contributed by atoms with Crippen molar-refractivity contribution in [3.63, 3.8) is 0 Å². The maximum absolute atomic E-state index is 10.6. The summed E-state index contributed by atoms with van der Waals surface area (Å²) in [6.07, 6.45) is 1.54. The summed E-state index contributed by atoms with van der Waals surface area (Å²) < 4.78 is 0. The van der Waals surface area contributed by atoms with E-state index in [0.29, 0.717) is 16.6 Å². The number of H-pyrrole nitrogens is 1. The number of hydrogen-bond donors (Lipinski definition) is 3. The van der Waals surface area contributed by atoms with Gasteiger partial charge < -0.3 is 15.2 Å². The van der Waals surface area contributed by atoms with Crippen LogP contribution < -0.4 is 0 Å². The summed E-state index contributed by atoms with van der Waals surface area (Å²) in [5.74, 6) is -1.27. The van der Waals surface area contributed by atoms with Gasteiger partial charge in [0.15, 0.2) is 6.10 Å². The van der Waals surface area contributed by atoms with E-state index in [1.54, 1.807) is 18.3 Å². The van der Waals surface area contributed by atoms with Crippen LogP contribution in [0.2, 0.25) is 0 Å². The second-order valence-electron chi connectivity index (χ2n) is 2.88. The van der Waals surface area contributed by atoms with Gasteiger partial charge in [0.2, 0.25) is 0 Å². The number of aliphatic carboxylic acids is 1. The number of fused-ring (bicyclic) bond motifs is 1. The van der Waals surface area contributed by atoms with Gasteiger partial charge in [0.05, 0.1) is 0 Å². The minimum atomic E-state index is -1.51. The fourth-order valence-corrected chi connectivity index (χ4v) is 1.34. The van der Waals surface area contributed by atoms with Crippen LogP contribution in [0.25, 0.3) is 11.0 Å². The molecule has 5 heteroatoms. The van der Waals surface area contributed by atoms with Crippen LogP contribution in [-0.4, -0.2) is 26.2 Å². The van der Waals surface area contributed by atoms with Crippen molar-refractivity contribution in [2.45, 2.75) is 6.10 Å². The molecular weight excluding hydrogens is 184 g/mol. The van der Waals surface area contributed by atoms with Gasteiger partial charge in [0.1, 0.15) is 5.65 Å². The first-order valence-electron chi connectivity index (χ1n) is 4.03. The summed E-state index contributed by atoms with van der Waals surface area (Å²) in [6.45, 7) is 0. The Morgan fingerprint density at radius 1 is 1.57 bits per heavy atom. The largest absolute Gasteiger partial charge is 0.479 e. The van der Waals surface area contributed by atoms with E-state index in [0.717, 1.165) is 0 Å². The third kappa shape index (κ3) is 1.23. The molecule has 0 spiro atoms. The number of rotatable bonds is 2. The summed E-state index contributed by atoms with van der Waals surface area (Å²) in [7, 11) is 0. The highest BCUT2D eigenvalue weighted by Gasteiger charge is 2.19. The number of aromatic nitrogens is 2. The van der Waals surface area contributed by atoms with Gasteiger partial charge in [-0.25, -0.2) is 9.78 Å². The Bertz CT molecular complexity index is 478. The summed E-state index contributed by atoms with van der Waals surface area (Å²) in [5.41, 5.74) is 0.906. The number of aliphatic hydroxyl groups excluding tert-OH is 1. The van der Waals surface area contributed by atoms with Crippen molar-refractivity contribution in [1.82, 2.24) is 9.97 Å². The van der Waals surface area contributed by atoms with Crippen LogP contribution in [0.1, 0.15) is 11.7 Å². The van der Waals surface area contributed by atoms with E-state index in [2.05, 4.69) is 9.97 Å². The minimum Gasteiger partial charge on any atom is -0.479 e. The molecule has 0 aliphatic rings. The van der Waals surface area contributed by atoms with E-state index in [9.17, 15) is 9.90 Å². The number of pyridine rings is 1. The lowest BCUT2D eigenvalue weighted by atomic mass is 10.1. The first-order chi connectivity index (χ1) is 6.70. The number of carboxylic acid groups (broad SMARTS) is 1. The van der Waals surface area contributed by atoms with Crippen LogP contribution in [0.5, 0.6) is 0 Å². The summed E-state index contributed by atoms with van der Waals surface area (Å²) >= 11 is 0. The molecule has 2 aromatic rings. The molecule has 0 fully saturated rings. The quantitative estimate of drug-likeness (QED) is 0.653. The summed E-state index contributed by atoms with van der Waals surface area (Å²) in [4.78, 5) is 17.3. The van der Waals surface area contributed by atoms with Crippen molar-refractivity contribution >= 4 is 17.0 Å². The molecule has 5 nitrogen and oxygen atoms in total. The average Bonchev–Trinajstić information content (AvgIpc) is 2.60. The van der Waals surface area contributed by atoms with Gasteiger partial charge in [-0.05, 0) is 12.1 Å². The normalized spacial score (nSPS) is 12.9. The first kappa shape index (κ1) is 8.71. The molecule has 2 heterocycles. The van der Waals surface area contributed by atoms with E-state index < -0.39 is 12.1 Å². The van der Waals surface area contributed by atoms with Gasteiger partial charge in [0.25, 0.3) is 0 Å². The van der Waals surface area contributed by atoms with E-state index in [1.807, 2.05) is 0 Å². The Morgan fingerprint density at radius 2 is 2.36 bits per heavy atom. The minimum absolute atomic E-state index is 0.334. The molecule has 2 aromatic heterocycles. The van der Waals surface area contributed by atoms with Gasteiger partial charge in [0, 0.05) is 23.3 Å². The van der Waals surface area contributed by atoms with Crippen molar-refractivity contribution in [2.75, 3.05) is 0 Å². The molecule has 0 aliphatic heterocycles. The van der Waals surface area contributed by atoms with Gasteiger partial charge in [-0.15, -0.1) is 0 Å². The van der Waals surface area contributed by atoms with Crippen molar-refractivity contribution in [3.05, 3.63) is 30.1 Å². The topological polar surface area (TPSA) is 86.2 Å². The number of aliphatic hydroxyl groups is 1. The van der Waals surface area contributed by atoms with Crippen LogP contribution in [0, 0.1) is 0 Å². The van der Waals surface area contributed by atoms with Gasteiger partial charge in [-0.2, -0.15) is 0 Å². The molecule has 2 rings (SSSR count). The molecule has 0 aliphatic carbocycles. The summed E-state index contributed by atoms with van der Waals surface area (Å²) in [5, 5.41) is 18.6. The monoisotopic (exact) mass is 192 g/mol. The third-order valence-electron chi connectivity index (χ3n) is 2.01. The molecule has 0 aromatic carbocycles. The molecule has 0 amide bonds. The maximum Gasteiger partial charge on any atom is 0.337 e. The Labute approximate surface area is 79.0 Å². The van der Waals surface area contributed by atoms with Crippen molar-refractivity contribution < 1.29 is 15.0 Å². The molecule has 3 N–H and O–H groups in total. The highest BCUT2D eigenvalue weighted by Crippen LogP contribution is 2.22. The SMILES string of the molecule is O=C(O)C(O)c1c[nH]c2ncccc12. The first-order valence-corrected chi connectivity index (χ1v) is 4.03. The highest BCUT2D eigenvalue weighted by molar-refractivity contribution is 5.86. The van der Waals surface area contributed by atoms with E-state index >= 15 is 0 Å². The van der Waals surface area contributed by atoms with Crippen LogP contribution in [0.15, 0.2) is 24.5 Å². The zero-order chi connectivity index (χ0) is 10.1. The molecule has 0 radical (unpaired) electrons. The zero-order valence-corrected chi connectivity index (χ0v) is 7.14. The van der Waals surface area contributed by atoms with Gasteiger partial charge in [-0.3, -0.25) is 0 Å². The van der Waals surface area contributed by atoms with Crippen LogP contribution >= 0.6 is 0 Å². The maximum atomic E-state index is 10.6. The van der Waals surface area contributed by atoms with Gasteiger partial charge in [-0.1, -0.05) is 0 Å². The molecular formula is C9H8N2O3. The van der Waals surface area contributed by atoms with Crippen molar-refractivity contribution in [3.8, 4) is 0 Å². The molecule has 72 valence electrons. The predicted octanol–water partition coefficient (Wildman–Crippen LogP) is 0.681. The lowest BCUT2D eigenvalue weighted by Gasteiger charge is -2.02. The number of carbonyl (C=O) groups is 1. The van der Waals surface area contributed by atoms with Crippen molar-refractivity contribution in [1.29, 1.82) is 0 Å². The van der Waals surface area contributed by atoms with Gasteiger partial charge >= 0.3 is 5.97 Å². The average molecular weight is 192 g/mol. The second-order valence-corrected chi connectivity index (χ2v) is 2.88. The van der Waals surface area contributed by atoms with E-state index in [4.69, 9.17) is 5.11 Å². The molecule has 1 unspecified atom stereocenters. The fourth-order valence-electron chi connectivity index (χ4n) is 1.34. The Hall–Kier alpha value is -1.88. The summed E-state index contributed by atoms with van der Waals surface area (Å²) in [6, 6.07) is 3.40. The molecule has 0 saturated heterocycles. The number of hydrogen-bond acceptors (Lipinski definition) is 3. The fraction of sp³-hybridized carbons (Fsp3) is 0.111. The van der Waals surface area contributed by atoms with E-state index in [1.165, 1.54) is 6.20 Å². The molecule has 1 atom stereocenters. The number of nitrogens with zero attached hydrogens (tertiary/aromatic N) is 1. The van der Waals surface area contributed by atoms with Crippen LogP contribution in [0.3, 0.4) is 0 Å². The Balaban J connectivity index is 2.58. The van der Waals surface area contributed by atoms with Crippen LogP contribution in [0.4, 0.5) is 0 Å². The number of nitrogens with one attached hydrogen (secondary N) is 1. The second kappa shape index (κ2) is 3.12. The number of carboxylic acids is 1. The van der Waals surface area contributed by atoms with Crippen LogP contribution in [-0.2, 0) is 4.79 Å². The predicted molar refractivity (Wildman–Crippen MR) is 48.7 cm³/mol. The highest BCUT2D eigenvalue weighted by atomic mass is 16.4. The lowest BCUT2D eigenvalue weighted by molar-refractivity contribution is -0.146. The Kier molecular flexibility index (Phi) is 1.94. The zero-order valence-electron chi connectivity index (χ0n) is 7.14. The number of aromatic amines is 1. The Morgan fingerprint density at radius 3 is 3.07 bits per heavy atom. The molecule has 0 saturated carbocycles. The van der Waals surface area contributed by atoms with E-state index in [-0.39, 0.29) is 0 Å². The van der Waals surface area contributed by atoms with Crippen molar-refractivity contribution in [2.24, 2.45) is 0 Å². The smallest absolute Gasteiger partial charge is 0.337 e.